The van der Waals surface area contributed by atoms with Crippen LogP contribution in [0.4, 0.5) is 4.39 Å². The second-order valence-electron chi connectivity index (χ2n) is 7.89. The van der Waals surface area contributed by atoms with Crippen LogP contribution in [0, 0.1) is 18.2 Å². The molecule has 2 aromatic carbocycles. The molecule has 5 rings (SSSR count). The lowest BCUT2D eigenvalue weighted by Crippen LogP contribution is -2.11. The number of nitrogens with one attached hydrogen (secondary N) is 1. The summed E-state index contributed by atoms with van der Waals surface area (Å²) in [4.78, 5) is 13.8. The van der Waals surface area contributed by atoms with Gasteiger partial charge in [-0.05, 0) is 43.2 Å². The Balaban J connectivity index is 1.55. The van der Waals surface area contributed by atoms with Crippen molar-refractivity contribution in [3.8, 4) is 0 Å². The third-order valence-electron chi connectivity index (χ3n) is 5.83. The van der Waals surface area contributed by atoms with Crippen LogP contribution in [0.1, 0.15) is 39.7 Å². The summed E-state index contributed by atoms with van der Waals surface area (Å²) >= 11 is 2.61. The van der Waals surface area contributed by atoms with E-state index in [2.05, 4.69) is 20.8 Å². The van der Waals surface area contributed by atoms with E-state index in [9.17, 15) is 9.18 Å². The van der Waals surface area contributed by atoms with Crippen molar-refractivity contribution in [2.24, 2.45) is 0 Å². The monoisotopic (exact) mass is 476 g/mol. The summed E-state index contributed by atoms with van der Waals surface area (Å²) in [6.07, 6.45) is 2.66. The average Bonchev–Trinajstić information content (AvgIpc) is 3.47. The second kappa shape index (κ2) is 8.68. The fourth-order valence-corrected chi connectivity index (χ4v) is 6.02. The van der Waals surface area contributed by atoms with E-state index < -0.39 is 5.92 Å². The number of rotatable bonds is 5. The van der Waals surface area contributed by atoms with Gasteiger partial charge in [0.15, 0.2) is 5.78 Å². The maximum atomic E-state index is 13.4. The van der Waals surface area contributed by atoms with Crippen LogP contribution in [0.25, 0.3) is 17.0 Å². The van der Waals surface area contributed by atoms with E-state index in [1.165, 1.54) is 35.2 Å². The van der Waals surface area contributed by atoms with Gasteiger partial charge >= 0.3 is 0 Å². The van der Waals surface area contributed by atoms with Gasteiger partial charge in [-0.1, -0.05) is 49.0 Å². The van der Waals surface area contributed by atoms with E-state index in [0.717, 1.165) is 39.2 Å². The number of thioether (sulfide) groups is 1. The number of hydrogen-bond donors (Lipinski definition) is 1. The maximum absolute atomic E-state index is 13.4. The van der Waals surface area contributed by atoms with Crippen molar-refractivity contribution in [3.63, 3.8) is 0 Å². The van der Waals surface area contributed by atoms with Crippen LogP contribution in [0.15, 0.2) is 53.4 Å². The highest BCUT2D eigenvalue weighted by atomic mass is 32.2. The van der Waals surface area contributed by atoms with Crippen LogP contribution in [0.5, 0.6) is 0 Å². The molecule has 166 valence electrons. The van der Waals surface area contributed by atoms with Crippen LogP contribution in [-0.2, 0) is 17.8 Å². The molecule has 4 aromatic rings. The first-order valence-electron chi connectivity index (χ1n) is 10.6. The number of carbonyl (C=O) groups excluding carboxylic acids is 1. The summed E-state index contributed by atoms with van der Waals surface area (Å²) in [6, 6.07) is 14.6. The van der Waals surface area contributed by atoms with Gasteiger partial charge in [0.2, 0.25) is 0 Å². The molecule has 0 bridgehead atoms. The van der Waals surface area contributed by atoms with Gasteiger partial charge in [0.25, 0.3) is 0 Å². The number of aryl methyl sites for hydroxylation is 1. The molecule has 0 unspecified atom stereocenters. The Kier molecular flexibility index (Phi) is 5.72. The molecule has 1 saturated heterocycles. The topological polar surface area (TPSA) is 71.6 Å². The van der Waals surface area contributed by atoms with Crippen molar-refractivity contribution in [2.45, 2.75) is 32.7 Å². The largest absolute Gasteiger partial charge is 0.340 e. The number of hydrogen-bond acceptors (Lipinski definition) is 6. The molecular formula is C25H21FN4OS2. The second-order valence-corrected chi connectivity index (χ2v) is 10.1. The van der Waals surface area contributed by atoms with E-state index in [1.807, 2.05) is 38.1 Å². The van der Waals surface area contributed by atoms with E-state index in [4.69, 9.17) is 5.41 Å². The minimum Gasteiger partial charge on any atom is -0.340 e. The quantitative estimate of drug-likeness (QED) is 0.360. The summed E-state index contributed by atoms with van der Waals surface area (Å²) in [7, 11) is 0. The molecule has 8 heteroatoms. The van der Waals surface area contributed by atoms with Gasteiger partial charge in [-0.2, -0.15) is 0 Å². The predicted molar refractivity (Wildman–Crippen MR) is 133 cm³/mol. The number of carbonyl (C=O) groups is 1. The number of nitrogens with zero attached hydrogens (tertiary/aromatic N) is 3. The molecule has 3 heterocycles. The van der Waals surface area contributed by atoms with E-state index in [-0.39, 0.29) is 16.6 Å². The molecule has 0 spiro atoms. The van der Waals surface area contributed by atoms with Crippen LogP contribution in [0.2, 0.25) is 0 Å². The predicted octanol–water partition coefficient (Wildman–Crippen LogP) is 5.97. The third kappa shape index (κ3) is 3.94. The van der Waals surface area contributed by atoms with Crippen molar-refractivity contribution < 1.29 is 9.18 Å². The molecule has 0 amide bonds. The Morgan fingerprint density at radius 3 is 2.64 bits per heavy atom. The molecule has 2 aromatic heterocycles. The first kappa shape index (κ1) is 21.7. The molecule has 0 radical (unpaired) electrons. The number of Topliss-reactive ketones (excluding diaryl/α,β-unsaturated/α-hetero) is 1. The number of halogens is 1. The highest BCUT2D eigenvalue weighted by molar-refractivity contribution is 8.19. The molecule has 33 heavy (non-hydrogen) atoms. The first-order chi connectivity index (χ1) is 16.0. The van der Waals surface area contributed by atoms with Crippen molar-refractivity contribution in [1.82, 2.24) is 14.8 Å². The fourth-order valence-electron chi connectivity index (χ4n) is 4.09. The number of ketones is 1. The Bertz CT molecular complexity index is 1420. The van der Waals surface area contributed by atoms with Crippen LogP contribution < -0.4 is 0 Å². The van der Waals surface area contributed by atoms with Crippen molar-refractivity contribution in [2.75, 3.05) is 0 Å². The number of para-hydroxylation sites is 1. The lowest BCUT2D eigenvalue weighted by Gasteiger charge is -2.09. The molecular weight excluding hydrogens is 455 g/mol. The SMILES string of the molecule is CCc1nnc([C@H]2C(=N)S/C(=C\c3c(C)n(Cc4ccc(F)cc4)c4ccccc34)C2=O)s1. The lowest BCUT2D eigenvalue weighted by molar-refractivity contribution is -0.114. The van der Waals surface area contributed by atoms with Crippen LogP contribution in [0.3, 0.4) is 0 Å². The van der Waals surface area contributed by atoms with Gasteiger partial charge in [0.1, 0.15) is 21.8 Å². The van der Waals surface area contributed by atoms with Gasteiger partial charge in [-0.3, -0.25) is 10.2 Å². The van der Waals surface area contributed by atoms with Crippen molar-refractivity contribution >= 4 is 50.9 Å². The zero-order valence-electron chi connectivity index (χ0n) is 18.1. The van der Waals surface area contributed by atoms with Crippen molar-refractivity contribution in [3.05, 3.63) is 86.1 Å². The summed E-state index contributed by atoms with van der Waals surface area (Å²) in [6.45, 7) is 4.62. The molecule has 0 aliphatic carbocycles. The van der Waals surface area contributed by atoms with Gasteiger partial charge in [-0.25, -0.2) is 4.39 Å². The number of fused-ring (bicyclic) bond motifs is 1. The normalized spacial score (nSPS) is 17.5. The van der Waals surface area contributed by atoms with Crippen molar-refractivity contribution in [1.29, 1.82) is 5.41 Å². The van der Waals surface area contributed by atoms with Crippen LogP contribution in [-0.4, -0.2) is 25.6 Å². The van der Waals surface area contributed by atoms with E-state index in [1.54, 1.807) is 12.1 Å². The molecule has 1 aliphatic rings. The fraction of sp³-hybridized carbons (Fsp3) is 0.200. The highest BCUT2D eigenvalue weighted by Gasteiger charge is 2.39. The molecule has 0 saturated carbocycles. The van der Waals surface area contributed by atoms with Gasteiger partial charge in [0, 0.05) is 28.7 Å². The zero-order valence-corrected chi connectivity index (χ0v) is 19.8. The van der Waals surface area contributed by atoms with Gasteiger partial charge in [-0.15, -0.1) is 21.5 Å². The van der Waals surface area contributed by atoms with E-state index in [0.29, 0.717) is 16.5 Å². The molecule has 1 fully saturated rings. The zero-order chi connectivity index (χ0) is 23.1. The summed E-state index contributed by atoms with van der Waals surface area (Å²) in [5.41, 5.74) is 4.02. The standard InChI is InChI=1S/C25H21FN4OS2/c1-3-21-28-29-25(33-21)22-23(31)20(32-24(22)27)12-18-14(2)30(19-7-5-4-6-17(18)19)13-15-8-10-16(26)11-9-15/h4-12,22,27H,3,13H2,1-2H3/b20-12-,27-24?/t22-/m1/s1. The Labute approximate surface area is 198 Å². The highest BCUT2D eigenvalue weighted by Crippen LogP contribution is 2.42. The molecule has 1 N–H and O–H groups in total. The van der Waals surface area contributed by atoms with E-state index >= 15 is 0 Å². The Morgan fingerprint density at radius 2 is 1.91 bits per heavy atom. The summed E-state index contributed by atoms with van der Waals surface area (Å²) in [5, 5.41) is 19.5. The van der Waals surface area contributed by atoms with Crippen LogP contribution >= 0.6 is 23.1 Å². The third-order valence-corrected chi connectivity index (χ3v) is 7.96. The molecule has 1 atom stereocenters. The Hall–Kier alpha value is -3.10. The minimum atomic E-state index is -0.660. The molecule has 1 aliphatic heterocycles. The number of allylic oxidation sites excluding steroid dienone is 1. The summed E-state index contributed by atoms with van der Waals surface area (Å²) < 4.78 is 15.5. The average molecular weight is 477 g/mol. The number of aromatic nitrogens is 3. The minimum absolute atomic E-state index is 0.0985. The molecule has 5 nitrogen and oxygen atoms in total. The van der Waals surface area contributed by atoms with Gasteiger partial charge in [0.05, 0.1) is 9.95 Å². The summed E-state index contributed by atoms with van der Waals surface area (Å²) in [5.74, 6) is -1.01. The number of benzene rings is 2. The Morgan fingerprint density at radius 1 is 1.15 bits per heavy atom. The lowest BCUT2D eigenvalue weighted by atomic mass is 10.0. The van der Waals surface area contributed by atoms with Gasteiger partial charge < -0.3 is 4.57 Å². The first-order valence-corrected chi connectivity index (χ1v) is 12.3. The smallest absolute Gasteiger partial charge is 0.186 e. The maximum Gasteiger partial charge on any atom is 0.186 e.